The summed E-state index contributed by atoms with van der Waals surface area (Å²) in [4.78, 5) is 12.2. The van der Waals surface area contributed by atoms with Crippen molar-refractivity contribution in [1.82, 2.24) is 0 Å². The van der Waals surface area contributed by atoms with Crippen molar-refractivity contribution < 1.29 is 14.3 Å². The fourth-order valence-corrected chi connectivity index (χ4v) is 2.86. The Morgan fingerprint density at radius 1 is 1.23 bits per heavy atom. The van der Waals surface area contributed by atoms with Gasteiger partial charge in [0, 0.05) is 30.5 Å². The second kappa shape index (κ2) is 10.0. The summed E-state index contributed by atoms with van der Waals surface area (Å²) < 4.78 is 11.3. The van der Waals surface area contributed by atoms with Crippen molar-refractivity contribution in [2.45, 2.75) is 31.8 Å². The number of amides is 1. The van der Waals surface area contributed by atoms with Crippen LogP contribution in [0.5, 0.6) is 5.75 Å². The van der Waals surface area contributed by atoms with Gasteiger partial charge in [0.15, 0.2) is 0 Å². The van der Waals surface area contributed by atoms with Crippen LogP contribution in [-0.2, 0) is 16.0 Å². The summed E-state index contributed by atoms with van der Waals surface area (Å²) in [5.74, 6) is 0.695. The van der Waals surface area contributed by atoms with Crippen LogP contribution in [0.1, 0.15) is 24.8 Å². The molecule has 1 aliphatic rings. The van der Waals surface area contributed by atoms with E-state index in [9.17, 15) is 4.79 Å². The van der Waals surface area contributed by atoms with Crippen LogP contribution < -0.4 is 15.8 Å². The molecule has 1 fully saturated rings. The maximum absolute atomic E-state index is 12.2. The Hall–Kier alpha value is -2.24. The molecule has 3 rings (SSSR count). The number of carbonyl (C=O) groups excluding carboxylic acids is 1. The molecule has 0 aliphatic carbocycles. The van der Waals surface area contributed by atoms with Gasteiger partial charge in [-0.3, -0.25) is 4.79 Å². The van der Waals surface area contributed by atoms with E-state index in [1.165, 1.54) is 0 Å². The van der Waals surface area contributed by atoms with E-state index < -0.39 is 0 Å². The fraction of sp³-hybridized carbons (Fsp3) is 0.350. The lowest BCUT2D eigenvalue weighted by Crippen LogP contribution is -2.16. The van der Waals surface area contributed by atoms with Crippen LogP contribution in [0.15, 0.2) is 48.5 Å². The first-order valence-corrected chi connectivity index (χ1v) is 8.68. The summed E-state index contributed by atoms with van der Waals surface area (Å²) in [5, 5.41) is 2.91. The number of benzene rings is 2. The van der Waals surface area contributed by atoms with E-state index in [2.05, 4.69) is 5.32 Å². The van der Waals surface area contributed by atoms with Gasteiger partial charge in [0.25, 0.3) is 0 Å². The molecule has 3 N–H and O–H groups in total. The molecule has 140 valence electrons. The largest absolute Gasteiger partial charge is 0.491 e. The number of ether oxygens (including phenoxy) is 2. The van der Waals surface area contributed by atoms with E-state index in [-0.39, 0.29) is 24.4 Å². The number of nitrogens with two attached hydrogens (primary N) is 1. The number of rotatable bonds is 7. The van der Waals surface area contributed by atoms with E-state index in [0.717, 1.165) is 42.1 Å². The Balaban J connectivity index is 0.00000243. The predicted molar refractivity (Wildman–Crippen MR) is 106 cm³/mol. The van der Waals surface area contributed by atoms with E-state index in [1.807, 2.05) is 48.5 Å². The van der Waals surface area contributed by atoms with Gasteiger partial charge in [-0.1, -0.05) is 24.3 Å². The second-order valence-corrected chi connectivity index (χ2v) is 6.22. The number of nitrogen functional groups attached to an aromatic ring is 1. The zero-order chi connectivity index (χ0) is 17.5. The molecule has 2 aromatic carbocycles. The first kappa shape index (κ1) is 20.1. The number of carbonyl (C=O) groups is 1. The van der Waals surface area contributed by atoms with Crippen molar-refractivity contribution >= 4 is 29.7 Å². The Bertz CT molecular complexity index is 718. The molecule has 1 aliphatic heterocycles. The van der Waals surface area contributed by atoms with Crippen LogP contribution >= 0.6 is 12.4 Å². The van der Waals surface area contributed by atoms with Crippen molar-refractivity contribution in [3.05, 3.63) is 54.1 Å². The lowest BCUT2D eigenvalue weighted by molar-refractivity contribution is -0.116. The maximum atomic E-state index is 12.2. The molecule has 1 amide bonds. The number of para-hydroxylation sites is 1. The topological polar surface area (TPSA) is 73.6 Å². The average Bonchev–Trinajstić information content (AvgIpc) is 3.13. The van der Waals surface area contributed by atoms with Crippen molar-refractivity contribution in [2.75, 3.05) is 24.3 Å². The molecular weight excluding hydrogens is 352 g/mol. The molecule has 26 heavy (non-hydrogen) atoms. The standard InChI is InChI=1S/C20H24N2O3.ClH/c21-19-9-2-1-5-15(19)10-11-20(23)22-16-6-3-7-17(13-16)25-14-18-8-4-12-24-18;/h1-3,5-7,9,13,18H,4,8,10-12,14,21H2,(H,22,23);1H. The molecule has 1 atom stereocenters. The van der Waals surface area contributed by atoms with Crippen molar-refractivity contribution in [3.63, 3.8) is 0 Å². The fourth-order valence-electron chi connectivity index (χ4n) is 2.86. The van der Waals surface area contributed by atoms with E-state index in [4.69, 9.17) is 15.2 Å². The SMILES string of the molecule is Cl.Nc1ccccc1CCC(=O)Nc1cccc(OCC2CCCO2)c1. The molecule has 0 bridgehead atoms. The number of aryl methyl sites for hydroxylation is 1. The van der Waals surface area contributed by atoms with Crippen LogP contribution in [0, 0.1) is 0 Å². The number of halogens is 1. The monoisotopic (exact) mass is 376 g/mol. The van der Waals surface area contributed by atoms with Crippen molar-refractivity contribution in [3.8, 4) is 5.75 Å². The smallest absolute Gasteiger partial charge is 0.224 e. The van der Waals surface area contributed by atoms with Gasteiger partial charge in [-0.15, -0.1) is 12.4 Å². The van der Waals surface area contributed by atoms with E-state index >= 15 is 0 Å². The zero-order valence-electron chi connectivity index (χ0n) is 14.6. The lowest BCUT2D eigenvalue weighted by Gasteiger charge is -2.12. The summed E-state index contributed by atoms with van der Waals surface area (Å²) in [6.45, 7) is 1.36. The highest BCUT2D eigenvalue weighted by molar-refractivity contribution is 5.91. The summed E-state index contributed by atoms with van der Waals surface area (Å²) in [6.07, 6.45) is 3.31. The molecule has 2 aromatic rings. The average molecular weight is 377 g/mol. The quantitative estimate of drug-likeness (QED) is 0.720. The molecule has 1 saturated heterocycles. The highest BCUT2D eigenvalue weighted by Crippen LogP contribution is 2.20. The van der Waals surface area contributed by atoms with Crippen LogP contribution in [0.4, 0.5) is 11.4 Å². The van der Waals surface area contributed by atoms with Gasteiger partial charge >= 0.3 is 0 Å². The molecule has 1 heterocycles. The second-order valence-electron chi connectivity index (χ2n) is 6.22. The Kier molecular flexibility index (Phi) is 7.75. The van der Waals surface area contributed by atoms with Crippen LogP contribution in [-0.4, -0.2) is 25.2 Å². The van der Waals surface area contributed by atoms with Crippen molar-refractivity contribution in [1.29, 1.82) is 0 Å². The Morgan fingerprint density at radius 2 is 2.08 bits per heavy atom. The summed E-state index contributed by atoms with van der Waals surface area (Å²) in [6, 6.07) is 15.1. The first-order valence-electron chi connectivity index (χ1n) is 8.68. The maximum Gasteiger partial charge on any atom is 0.224 e. The molecule has 0 spiro atoms. The molecule has 0 radical (unpaired) electrons. The minimum atomic E-state index is -0.0421. The number of anilines is 2. The van der Waals surface area contributed by atoms with Gasteiger partial charge < -0.3 is 20.5 Å². The van der Waals surface area contributed by atoms with Gasteiger partial charge in [-0.25, -0.2) is 0 Å². The van der Waals surface area contributed by atoms with Crippen molar-refractivity contribution in [2.24, 2.45) is 0 Å². The van der Waals surface area contributed by atoms with Gasteiger partial charge in [0.1, 0.15) is 12.4 Å². The zero-order valence-corrected chi connectivity index (χ0v) is 15.5. The van der Waals surface area contributed by atoms with E-state index in [1.54, 1.807) is 0 Å². The van der Waals surface area contributed by atoms with Gasteiger partial charge in [-0.05, 0) is 43.0 Å². The molecule has 6 heteroatoms. The third kappa shape index (κ3) is 5.93. The highest BCUT2D eigenvalue weighted by Gasteiger charge is 2.16. The Labute approximate surface area is 160 Å². The predicted octanol–water partition coefficient (Wildman–Crippen LogP) is 3.82. The van der Waals surface area contributed by atoms with E-state index in [0.29, 0.717) is 19.4 Å². The van der Waals surface area contributed by atoms with Crippen LogP contribution in [0.3, 0.4) is 0 Å². The summed E-state index contributed by atoms with van der Waals surface area (Å²) in [7, 11) is 0. The van der Waals surface area contributed by atoms with Gasteiger partial charge in [0.05, 0.1) is 6.10 Å². The molecule has 5 nitrogen and oxygen atoms in total. The molecule has 1 unspecified atom stereocenters. The summed E-state index contributed by atoms with van der Waals surface area (Å²) >= 11 is 0. The van der Waals surface area contributed by atoms with Gasteiger partial charge in [-0.2, -0.15) is 0 Å². The number of nitrogens with one attached hydrogen (secondary N) is 1. The third-order valence-electron chi connectivity index (χ3n) is 4.25. The third-order valence-corrected chi connectivity index (χ3v) is 4.25. The molecule has 0 saturated carbocycles. The molecular formula is C20H25ClN2O3. The number of hydrogen-bond acceptors (Lipinski definition) is 4. The number of hydrogen-bond donors (Lipinski definition) is 2. The van der Waals surface area contributed by atoms with Crippen LogP contribution in [0.2, 0.25) is 0 Å². The first-order chi connectivity index (χ1) is 12.2. The molecule has 0 aromatic heterocycles. The van der Waals surface area contributed by atoms with Gasteiger partial charge in [0.2, 0.25) is 5.91 Å². The normalized spacial score (nSPS) is 15.9. The highest BCUT2D eigenvalue weighted by atomic mass is 35.5. The lowest BCUT2D eigenvalue weighted by atomic mass is 10.1. The minimum Gasteiger partial charge on any atom is -0.491 e. The van der Waals surface area contributed by atoms with Crippen LogP contribution in [0.25, 0.3) is 0 Å². The Morgan fingerprint density at radius 3 is 2.85 bits per heavy atom. The minimum absolute atomic E-state index is 0. The summed E-state index contributed by atoms with van der Waals surface area (Å²) in [5.41, 5.74) is 8.35.